The fraction of sp³-hybridized carbons (Fsp3) is 0.400. The van der Waals surface area contributed by atoms with E-state index in [1.165, 1.54) is 6.07 Å². The molecule has 110 valence electrons. The molecule has 1 saturated heterocycles. The molecule has 21 heavy (non-hydrogen) atoms. The van der Waals surface area contributed by atoms with Crippen molar-refractivity contribution in [3.05, 3.63) is 48.4 Å². The maximum atomic E-state index is 13.8. The Morgan fingerprint density at radius 2 is 1.90 bits per heavy atom. The van der Waals surface area contributed by atoms with Crippen molar-refractivity contribution in [1.29, 1.82) is 0 Å². The van der Waals surface area contributed by atoms with Crippen LogP contribution in [0.4, 0.5) is 10.2 Å². The molecule has 0 amide bonds. The van der Waals surface area contributed by atoms with Crippen molar-refractivity contribution in [2.75, 3.05) is 31.1 Å². The number of hydrogen-bond acceptors (Lipinski definition) is 5. The van der Waals surface area contributed by atoms with Gasteiger partial charge in [0.2, 0.25) is 0 Å². The second kappa shape index (κ2) is 6.13. The smallest absolute Gasteiger partial charge is 0.165 e. The summed E-state index contributed by atoms with van der Waals surface area (Å²) in [5.74, 6) is 0.192. The quantitative estimate of drug-likeness (QED) is 0.862. The molecule has 0 saturated carbocycles. The largest absolute Gasteiger partial charge is 0.352 e. The zero-order valence-electron chi connectivity index (χ0n) is 12.0. The van der Waals surface area contributed by atoms with Crippen LogP contribution in [0.5, 0.6) is 0 Å². The Kier molecular flexibility index (Phi) is 4.06. The van der Waals surface area contributed by atoms with E-state index in [1.807, 2.05) is 4.90 Å². The van der Waals surface area contributed by atoms with Crippen LogP contribution in [0.1, 0.15) is 18.7 Å². The lowest BCUT2D eigenvalue weighted by molar-refractivity contribution is 0.194. The standard InChI is InChI=1S/C15H18FN5/c1-12(14-11-17-5-6-18-14)20-7-9-21(10-8-20)15-13(16)3-2-4-19-15/h2-6,11-12H,7-10H2,1H3/t12-/m0/s1. The van der Waals surface area contributed by atoms with Gasteiger partial charge < -0.3 is 4.90 Å². The molecule has 3 rings (SSSR count). The molecule has 0 aromatic carbocycles. The summed E-state index contributed by atoms with van der Waals surface area (Å²) in [4.78, 5) is 16.9. The maximum Gasteiger partial charge on any atom is 0.165 e. The van der Waals surface area contributed by atoms with Gasteiger partial charge in [-0.3, -0.25) is 14.9 Å². The van der Waals surface area contributed by atoms with Gasteiger partial charge in [0.1, 0.15) is 0 Å². The minimum Gasteiger partial charge on any atom is -0.352 e. The molecule has 0 unspecified atom stereocenters. The summed E-state index contributed by atoms with van der Waals surface area (Å²) in [6, 6.07) is 3.29. The molecule has 3 heterocycles. The van der Waals surface area contributed by atoms with Gasteiger partial charge in [0, 0.05) is 51.0 Å². The van der Waals surface area contributed by atoms with E-state index in [2.05, 4.69) is 26.8 Å². The third kappa shape index (κ3) is 3.00. The first-order chi connectivity index (χ1) is 10.3. The van der Waals surface area contributed by atoms with Crippen molar-refractivity contribution in [2.45, 2.75) is 13.0 Å². The zero-order valence-corrected chi connectivity index (χ0v) is 12.0. The summed E-state index contributed by atoms with van der Waals surface area (Å²) < 4.78 is 13.8. The van der Waals surface area contributed by atoms with Gasteiger partial charge in [-0.2, -0.15) is 0 Å². The highest BCUT2D eigenvalue weighted by Gasteiger charge is 2.24. The van der Waals surface area contributed by atoms with E-state index in [1.54, 1.807) is 30.9 Å². The van der Waals surface area contributed by atoms with E-state index in [4.69, 9.17) is 0 Å². The van der Waals surface area contributed by atoms with Gasteiger partial charge in [0.05, 0.1) is 11.7 Å². The Balaban J connectivity index is 1.64. The third-order valence-electron chi connectivity index (χ3n) is 3.91. The molecular weight excluding hydrogens is 269 g/mol. The molecule has 1 aliphatic heterocycles. The van der Waals surface area contributed by atoms with Gasteiger partial charge in [-0.05, 0) is 19.1 Å². The SMILES string of the molecule is C[C@@H](c1cnccn1)N1CCN(c2ncccc2F)CC1. The second-order valence-electron chi connectivity index (χ2n) is 5.14. The maximum absolute atomic E-state index is 13.8. The number of nitrogens with zero attached hydrogens (tertiary/aromatic N) is 5. The lowest BCUT2D eigenvalue weighted by atomic mass is 10.2. The fourth-order valence-corrected chi connectivity index (χ4v) is 2.64. The van der Waals surface area contributed by atoms with Crippen molar-refractivity contribution in [1.82, 2.24) is 19.9 Å². The van der Waals surface area contributed by atoms with Crippen LogP contribution in [-0.2, 0) is 0 Å². The minimum absolute atomic E-state index is 0.217. The Morgan fingerprint density at radius 3 is 2.57 bits per heavy atom. The molecule has 1 aliphatic rings. The van der Waals surface area contributed by atoms with Crippen LogP contribution in [0.15, 0.2) is 36.9 Å². The summed E-state index contributed by atoms with van der Waals surface area (Å²) >= 11 is 0. The van der Waals surface area contributed by atoms with Crippen molar-refractivity contribution in [3.8, 4) is 0 Å². The summed E-state index contributed by atoms with van der Waals surface area (Å²) in [6.45, 7) is 5.36. The number of anilines is 1. The van der Waals surface area contributed by atoms with Gasteiger partial charge in [-0.25, -0.2) is 9.37 Å². The minimum atomic E-state index is -0.257. The average molecular weight is 287 g/mol. The Morgan fingerprint density at radius 1 is 1.10 bits per heavy atom. The molecule has 0 N–H and O–H groups in total. The molecule has 0 aliphatic carbocycles. The Labute approximate surface area is 123 Å². The second-order valence-corrected chi connectivity index (χ2v) is 5.14. The first-order valence-electron chi connectivity index (χ1n) is 7.11. The van der Waals surface area contributed by atoms with Crippen LogP contribution in [0.3, 0.4) is 0 Å². The summed E-state index contributed by atoms with van der Waals surface area (Å²) in [5.41, 5.74) is 0.968. The van der Waals surface area contributed by atoms with E-state index < -0.39 is 0 Å². The van der Waals surface area contributed by atoms with E-state index in [0.29, 0.717) is 5.82 Å². The lowest BCUT2D eigenvalue weighted by Gasteiger charge is -2.38. The van der Waals surface area contributed by atoms with Gasteiger partial charge in [-0.1, -0.05) is 0 Å². The van der Waals surface area contributed by atoms with Gasteiger partial charge in [0.15, 0.2) is 11.6 Å². The number of aromatic nitrogens is 3. The van der Waals surface area contributed by atoms with Crippen LogP contribution in [0.25, 0.3) is 0 Å². The molecular formula is C15H18FN5. The number of piperazine rings is 1. The van der Waals surface area contributed by atoms with E-state index >= 15 is 0 Å². The Bertz CT molecular complexity index is 584. The average Bonchev–Trinajstić information content (AvgIpc) is 2.56. The number of hydrogen-bond donors (Lipinski definition) is 0. The lowest BCUT2D eigenvalue weighted by Crippen LogP contribution is -2.47. The van der Waals surface area contributed by atoms with Crippen molar-refractivity contribution >= 4 is 5.82 Å². The highest BCUT2D eigenvalue weighted by atomic mass is 19.1. The van der Waals surface area contributed by atoms with E-state index in [9.17, 15) is 4.39 Å². The number of halogens is 1. The predicted octanol–water partition coefficient (Wildman–Crippen LogP) is 1.89. The van der Waals surface area contributed by atoms with Gasteiger partial charge in [0.25, 0.3) is 0 Å². The topological polar surface area (TPSA) is 45.2 Å². The summed E-state index contributed by atoms with van der Waals surface area (Å²) in [7, 11) is 0. The fourth-order valence-electron chi connectivity index (χ4n) is 2.64. The van der Waals surface area contributed by atoms with Crippen LogP contribution < -0.4 is 4.90 Å². The first-order valence-corrected chi connectivity index (χ1v) is 7.11. The molecule has 0 spiro atoms. The molecule has 1 fully saturated rings. The van der Waals surface area contributed by atoms with E-state index in [-0.39, 0.29) is 11.9 Å². The van der Waals surface area contributed by atoms with Gasteiger partial charge in [-0.15, -0.1) is 0 Å². The predicted molar refractivity (Wildman–Crippen MR) is 78.4 cm³/mol. The molecule has 2 aromatic heterocycles. The van der Waals surface area contributed by atoms with E-state index in [0.717, 1.165) is 31.9 Å². The number of rotatable bonds is 3. The van der Waals surface area contributed by atoms with Crippen LogP contribution in [0.2, 0.25) is 0 Å². The highest BCUT2D eigenvalue weighted by molar-refractivity contribution is 5.40. The normalized spacial score (nSPS) is 17.7. The molecule has 2 aromatic rings. The molecule has 6 heteroatoms. The zero-order chi connectivity index (χ0) is 14.7. The van der Waals surface area contributed by atoms with Crippen molar-refractivity contribution < 1.29 is 4.39 Å². The van der Waals surface area contributed by atoms with Crippen LogP contribution in [0, 0.1) is 5.82 Å². The monoisotopic (exact) mass is 287 g/mol. The van der Waals surface area contributed by atoms with Crippen LogP contribution in [-0.4, -0.2) is 46.0 Å². The highest BCUT2D eigenvalue weighted by Crippen LogP contribution is 2.22. The molecule has 5 nitrogen and oxygen atoms in total. The molecule has 0 bridgehead atoms. The summed E-state index contributed by atoms with van der Waals surface area (Å²) in [6.07, 6.45) is 6.83. The van der Waals surface area contributed by atoms with Crippen molar-refractivity contribution in [3.63, 3.8) is 0 Å². The Hall–Kier alpha value is -2.08. The van der Waals surface area contributed by atoms with Crippen molar-refractivity contribution in [2.24, 2.45) is 0 Å². The molecule has 0 radical (unpaired) electrons. The first kappa shape index (κ1) is 13.9. The van der Waals surface area contributed by atoms with Crippen LogP contribution >= 0.6 is 0 Å². The number of pyridine rings is 1. The molecule has 1 atom stereocenters. The van der Waals surface area contributed by atoms with Gasteiger partial charge >= 0.3 is 0 Å². The summed E-state index contributed by atoms with van der Waals surface area (Å²) in [5, 5.41) is 0. The third-order valence-corrected chi connectivity index (χ3v) is 3.91.